The molecule has 6 nitrogen and oxygen atoms in total. The van der Waals surface area contributed by atoms with E-state index < -0.39 is 0 Å². The van der Waals surface area contributed by atoms with E-state index in [1.807, 2.05) is 23.2 Å². The fourth-order valence-electron chi connectivity index (χ4n) is 4.24. The lowest BCUT2D eigenvalue weighted by atomic mass is 9.95. The SMILES string of the molecule is Fc1cccc(CN2CCC(c3nnc(Cn4ccnc4)n3C3CC3)CC2)c1. The summed E-state index contributed by atoms with van der Waals surface area (Å²) in [6.07, 6.45) is 10.2. The van der Waals surface area contributed by atoms with Crippen LogP contribution in [0.15, 0.2) is 43.0 Å². The van der Waals surface area contributed by atoms with Crippen LogP contribution in [-0.2, 0) is 13.1 Å². The van der Waals surface area contributed by atoms with Gasteiger partial charge >= 0.3 is 0 Å². The van der Waals surface area contributed by atoms with Crippen molar-refractivity contribution in [3.8, 4) is 0 Å². The largest absolute Gasteiger partial charge is 0.330 e. The predicted molar refractivity (Wildman–Crippen MR) is 103 cm³/mol. The van der Waals surface area contributed by atoms with Gasteiger partial charge in [-0.25, -0.2) is 9.37 Å². The van der Waals surface area contributed by atoms with Gasteiger partial charge in [0.15, 0.2) is 5.82 Å². The molecule has 0 bridgehead atoms. The average molecular weight is 380 g/mol. The highest BCUT2D eigenvalue weighted by Gasteiger charge is 2.33. The Labute approximate surface area is 164 Å². The van der Waals surface area contributed by atoms with Gasteiger partial charge in [0.2, 0.25) is 0 Å². The number of benzene rings is 1. The van der Waals surface area contributed by atoms with Crippen molar-refractivity contribution in [3.05, 3.63) is 66.0 Å². The van der Waals surface area contributed by atoms with Crippen LogP contribution in [0.25, 0.3) is 0 Å². The zero-order chi connectivity index (χ0) is 18.9. The van der Waals surface area contributed by atoms with Crippen molar-refractivity contribution in [2.75, 3.05) is 13.1 Å². The van der Waals surface area contributed by atoms with Gasteiger partial charge in [0.05, 0.1) is 12.9 Å². The third kappa shape index (κ3) is 3.71. The Balaban J connectivity index is 1.27. The first kappa shape index (κ1) is 17.6. The first-order chi connectivity index (χ1) is 13.8. The molecule has 2 aromatic heterocycles. The van der Waals surface area contributed by atoms with E-state index in [1.165, 1.54) is 18.9 Å². The van der Waals surface area contributed by atoms with Crippen molar-refractivity contribution in [1.29, 1.82) is 0 Å². The second-order valence-corrected chi connectivity index (χ2v) is 7.99. The second kappa shape index (κ2) is 7.47. The summed E-state index contributed by atoms with van der Waals surface area (Å²) in [6.45, 7) is 3.55. The molecule has 3 aromatic rings. The predicted octanol–water partition coefficient (Wildman–Crippen LogP) is 3.38. The summed E-state index contributed by atoms with van der Waals surface area (Å²) >= 11 is 0. The summed E-state index contributed by atoms with van der Waals surface area (Å²) in [6, 6.07) is 7.49. The molecule has 2 aliphatic rings. The van der Waals surface area contributed by atoms with Crippen LogP contribution in [0.5, 0.6) is 0 Å². The van der Waals surface area contributed by atoms with Crippen LogP contribution in [0.4, 0.5) is 4.39 Å². The van der Waals surface area contributed by atoms with Crippen LogP contribution in [-0.4, -0.2) is 42.3 Å². The van der Waals surface area contributed by atoms with E-state index in [9.17, 15) is 4.39 Å². The highest BCUT2D eigenvalue weighted by molar-refractivity contribution is 5.16. The summed E-state index contributed by atoms with van der Waals surface area (Å²) in [5.41, 5.74) is 1.04. The summed E-state index contributed by atoms with van der Waals surface area (Å²) in [4.78, 5) is 6.54. The van der Waals surface area contributed by atoms with Crippen LogP contribution >= 0.6 is 0 Å². The molecule has 0 amide bonds. The number of hydrogen-bond acceptors (Lipinski definition) is 4. The minimum atomic E-state index is -0.157. The zero-order valence-electron chi connectivity index (χ0n) is 15.9. The standard InChI is InChI=1S/C21H25FN6/c22-18-3-1-2-16(12-18)13-26-9-6-17(7-10-26)21-25-24-20(28(21)19-4-5-19)14-27-11-8-23-15-27/h1-3,8,11-12,15,17,19H,4-7,9-10,13-14H2. The fourth-order valence-corrected chi connectivity index (χ4v) is 4.24. The third-order valence-corrected chi connectivity index (χ3v) is 5.84. The summed E-state index contributed by atoms with van der Waals surface area (Å²) < 4.78 is 17.9. The minimum absolute atomic E-state index is 0.157. The van der Waals surface area contributed by atoms with Gasteiger partial charge in [-0.3, -0.25) is 4.90 Å². The maximum Gasteiger partial charge on any atom is 0.153 e. The second-order valence-electron chi connectivity index (χ2n) is 7.99. The summed E-state index contributed by atoms with van der Waals surface area (Å²) in [5.74, 6) is 2.49. The lowest BCUT2D eigenvalue weighted by Gasteiger charge is -2.31. The molecular formula is C21H25FN6. The summed E-state index contributed by atoms with van der Waals surface area (Å²) in [5, 5.41) is 9.15. The Kier molecular flexibility index (Phi) is 4.68. The molecule has 5 rings (SSSR count). The quantitative estimate of drug-likeness (QED) is 0.658. The molecule has 1 saturated heterocycles. The number of rotatable bonds is 6. The molecule has 2 fully saturated rings. The maximum absolute atomic E-state index is 13.4. The first-order valence-corrected chi connectivity index (χ1v) is 10.1. The van der Waals surface area contributed by atoms with E-state index >= 15 is 0 Å². The molecule has 7 heteroatoms. The topological polar surface area (TPSA) is 51.8 Å². The number of piperidine rings is 1. The smallest absolute Gasteiger partial charge is 0.153 e. The van der Waals surface area contributed by atoms with Gasteiger partial charge in [-0.2, -0.15) is 0 Å². The molecule has 0 atom stereocenters. The van der Waals surface area contributed by atoms with Crippen LogP contribution in [0.3, 0.4) is 0 Å². The highest BCUT2D eigenvalue weighted by Crippen LogP contribution is 2.40. The Hall–Kier alpha value is -2.54. The van der Waals surface area contributed by atoms with Gasteiger partial charge in [-0.1, -0.05) is 12.1 Å². The number of hydrogen-bond donors (Lipinski definition) is 0. The Morgan fingerprint density at radius 1 is 1.04 bits per heavy atom. The van der Waals surface area contributed by atoms with Crippen molar-refractivity contribution >= 4 is 0 Å². The number of nitrogens with zero attached hydrogens (tertiary/aromatic N) is 6. The fraction of sp³-hybridized carbons (Fsp3) is 0.476. The molecule has 0 unspecified atom stereocenters. The Bertz CT molecular complexity index is 922. The number of aromatic nitrogens is 5. The van der Waals surface area contributed by atoms with Gasteiger partial charge in [0.1, 0.15) is 11.6 Å². The lowest BCUT2D eigenvalue weighted by molar-refractivity contribution is 0.199. The van der Waals surface area contributed by atoms with E-state index in [4.69, 9.17) is 0 Å². The molecule has 1 aliphatic carbocycles. The van der Waals surface area contributed by atoms with Gasteiger partial charge in [0, 0.05) is 30.9 Å². The van der Waals surface area contributed by atoms with Crippen molar-refractivity contribution in [3.63, 3.8) is 0 Å². The molecule has 1 aromatic carbocycles. The van der Waals surface area contributed by atoms with Crippen molar-refractivity contribution in [2.24, 2.45) is 0 Å². The zero-order valence-corrected chi connectivity index (χ0v) is 15.9. The molecule has 146 valence electrons. The van der Waals surface area contributed by atoms with Crippen LogP contribution in [0.2, 0.25) is 0 Å². The molecule has 0 spiro atoms. The van der Waals surface area contributed by atoms with Crippen LogP contribution in [0, 0.1) is 5.82 Å². The molecule has 1 aliphatic heterocycles. The van der Waals surface area contributed by atoms with Gasteiger partial charge in [-0.15, -0.1) is 10.2 Å². The maximum atomic E-state index is 13.4. The average Bonchev–Trinajstić information content (AvgIpc) is 3.24. The van der Waals surface area contributed by atoms with Crippen molar-refractivity contribution in [2.45, 2.75) is 50.7 Å². The van der Waals surface area contributed by atoms with Crippen LogP contribution in [0.1, 0.15) is 54.9 Å². The molecule has 28 heavy (non-hydrogen) atoms. The van der Waals surface area contributed by atoms with Crippen molar-refractivity contribution in [1.82, 2.24) is 29.2 Å². The Morgan fingerprint density at radius 2 is 1.89 bits per heavy atom. The van der Waals surface area contributed by atoms with E-state index in [0.717, 1.165) is 56.2 Å². The number of likely N-dealkylation sites (tertiary alicyclic amines) is 1. The number of imidazole rings is 1. The van der Waals surface area contributed by atoms with Crippen LogP contribution < -0.4 is 0 Å². The van der Waals surface area contributed by atoms with E-state index in [1.54, 1.807) is 18.3 Å². The van der Waals surface area contributed by atoms with E-state index in [0.29, 0.717) is 12.0 Å². The molecule has 3 heterocycles. The monoisotopic (exact) mass is 380 g/mol. The van der Waals surface area contributed by atoms with Crippen molar-refractivity contribution < 1.29 is 4.39 Å². The summed E-state index contributed by atoms with van der Waals surface area (Å²) in [7, 11) is 0. The van der Waals surface area contributed by atoms with E-state index in [-0.39, 0.29) is 5.82 Å². The number of halogens is 1. The lowest BCUT2D eigenvalue weighted by Crippen LogP contribution is -2.33. The molecule has 0 radical (unpaired) electrons. The molecule has 0 N–H and O–H groups in total. The minimum Gasteiger partial charge on any atom is -0.330 e. The van der Waals surface area contributed by atoms with Gasteiger partial charge in [0.25, 0.3) is 0 Å². The van der Waals surface area contributed by atoms with Gasteiger partial charge < -0.3 is 9.13 Å². The molecular weight excluding hydrogens is 355 g/mol. The first-order valence-electron chi connectivity index (χ1n) is 10.1. The third-order valence-electron chi connectivity index (χ3n) is 5.84. The Morgan fingerprint density at radius 3 is 2.61 bits per heavy atom. The van der Waals surface area contributed by atoms with Gasteiger partial charge in [-0.05, 0) is 56.5 Å². The highest BCUT2D eigenvalue weighted by atomic mass is 19.1. The van der Waals surface area contributed by atoms with E-state index in [2.05, 4.69) is 24.6 Å². The molecule has 1 saturated carbocycles. The normalized spacial score (nSPS) is 18.6.